The van der Waals surface area contributed by atoms with E-state index in [-0.39, 0.29) is 0 Å². The number of hydrogen-bond acceptors (Lipinski definition) is 3. The first kappa shape index (κ1) is 13.7. The number of piperazine rings is 1. The summed E-state index contributed by atoms with van der Waals surface area (Å²) < 4.78 is 0. The topological polar surface area (TPSA) is 18.5 Å². The van der Waals surface area contributed by atoms with Crippen molar-refractivity contribution in [3.8, 4) is 0 Å². The van der Waals surface area contributed by atoms with Crippen LogP contribution >= 0.6 is 11.6 Å². The molecule has 1 aliphatic rings. The molecule has 0 aliphatic carbocycles. The fourth-order valence-electron chi connectivity index (χ4n) is 2.59. The van der Waals surface area contributed by atoms with Crippen molar-refractivity contribution in [1.29, 1.82) is 0 Å². The largest absolute Gasteiger partial charge is 0.373 e. The minimum absolute atomic E-state index is 0.531. The van der Waals surface area contributed by atoms with Crippen LogP contribution in [0.4, 0.5) is 5.69 Å². The Morgan fingerprint density at radius 1 is 1.50 bits per heavy atom. The summed E-state index contributed by atoms with van der Waals surface area (Å²) in [5.74, 6) is 0. The highest BCUT2D eigenvalue weighted by atomic mass is 35.5. The molecule has 1 atom stereocenters. The molecule has 1 aromatic carbocycles. The molecule has 0 amide bonds. The number of nitrogens with one attached hydrogen (secondary N) is 1. The maximum Gasteiger partial charge on any atom is 0.0410 e. The SMILES string of the molecule is Cc1cc(Cl)ccc1N(C)CC1CN(C)CCN1. The average Bonchev–Trinajstić information content (AvgIpc) is 2.28. The molecule has 0 spiro atoms. The summed E-state index contributed by atoms with van der Waals surface area (Å²) in [5, 5.41) is 4.38. The van der Waals surface area contributed by atoms with Crippen molar-refractivity contribution in [1.82, 2.24) is 10.2 Å². The molecule has 2 rings (SSSR count). The van der Waals surface area contributed by atoms with E-state index >= 15 is 0 Å². The highest BCUT2D eigenvalue weighted by molar-refractivity contribution is 6.30. The summed E-state index contributed by atoms with van der Waals surface area (Å²) >= 11 is 6.00. The van der Waals surface area contributed by atoms with Gasteiger partial charge in [0, 0.05) is 50.0 Å². The van der Waals surface area contributed by atoms with E-state index in [1.165, 1.54) is 11.3 Å². The molecule has 1 N–H and O–H groups in total. The van der Waals surface area contributed by atoms with E-state index in [1.807, 2.05) is 12.1 Å². The molecule has 3 nitrogen and oxygen atoms in total. The van der Waals surface area contributed by atoms with E-state index < -0.39 is 0 Å². The lowest BCUT2D eigenvalue weighted by Gasteiger charge is -2.34. The molecule has 4 heteroatoms. The monoisotopic (exact) mass is 267 g/mol. The maximum absolute atomic E-state index is 6.00. The Morgan fingerprint density at radius 2 is 2.28 bits per heavy atom. The van der Waals surface area contributed by atoms with Crippen LogP contribution in [0.15, 0.2) is 18.2 Å². The summed E-state index contributed by atoms with van der Waals surface area (Å²) in [6.07, 6.45) is 0. The maximum atomic E-state index is 6.00. The van der Waals surface area contributed by atoms with Gasteiger partial charge in [0.05, 0.1) is 0 Å². The van der Waals surface area contributed by atoms with Gasteiger partial charge in [0.2, 0.25) is 0 Å². The van der Waals surface area contributed by atoms with Gasteiger partial charge in [-0.15, -0.1) is 0 Å². The fourth-order valence-corrected chi connectivity index (χ4v) is 2.82. The van der Waals surface area contributed by atoms with Gasteiger partial charge in [-0.05, 0) is 37.7 Å². The zero-order valence-corrected chi connectivity index (χ0v) is 12.2. The predicted molar refractivity (Wildman–Crippen MR) is 78.7 cm³/mol. The lowest BCUT2D eigenvalue weighted by atomic mass is 10.1. The Hall–Kier alpha value is -0.770. The predicted octanol–water partition coefficient (Wildman–Crippen LogP) is 1.99. The van der Waals surface area contributed by atoms with Crippen molar-refractivity contribution in [3.05, 3.63) is 28.8 Å². The standard InChI is InChI=1S/C14H22ClN3/c1-11-8-12(15)4-5-14(11)18(3)10-13-9-17(2)7-6-16-13/h4-5,8,13,16H,6-7,9-10H2,1-3H3. The van der Waals surface area contributed by atoms with Crippen molar-refractivity contribution in [3.63, 3.8) is 0 Å². The van der Waals surface area contributed by atoms with Gasteiger partial charge in [-0.1, -0.05) is 11.6 Å². The van der Waals surface area contributed by atoms with Gasteiger partial charge in [-0.2, -0.15) is 0 Å². The summed E-state index contributed by atoms with van der Waals surface area (Å²) in [5.41, 5.74) is 2.49. The van der Waals surface area contributed by atoms with Crippen LogP contribution in [0.25, 0.3) is 0 Å². The second kappa shape index (κ2) is 5.91. The molecule has 100 valence electrons. The van der Waals surface area contributed by atoms with Gasteiger partial charge in [0.25, 0.3) is 0 Å². The van der Waals surface area contributed by atoms with E-state index in [1.54, 1.807) is 0 Å². The number of hydrogen-bond donors (Lipinski definition) is 1. The van der Waals surface area contributed by atoms with Crippen LogP contribution in [0.1, 0.15) is 5.56 Å². The highest BCUT2D eigenvalue weighted by Gasteiger charge is 2.18. The molecule has 1 fully saturated rings. The van der Waals surface area contributed by atoms with Crippen LogP contribution in [0.2, 0.25) is 5.02 Å². The van der Waals surface area contributed by atoms with Crippen LogP contribution in [0, 0.1) is 6.92 Å². The molecule has 0 bridgehead atoms. The minimum Gasteiger partial charge on any atom is -0.373 e. The second-order valence-electron chi connectivity index (χ2n) is 5.22. The van der Waals surface area contributed by atoms with Crippen LogP contribution in [-0.2, 0) is 0 Å². The molecule has 1 unspecified atom stereocenters. The zero-order chi connectivity index (χ0) is 13.1. The van der Waals surface area contributed by atoms with Gasteiger partial charge in [0.15, 0.2) is 0 Å². The molecule has 1 heterocycles. The van der Waals surface area contributed by atoms with Gasteiger partial charge in [-0.25, -0.2) is 0 Å². The number of halogens is 1. The highest BCUT2D eigenvalue weighted by Crippen LogP contribution is 2.22. The van der Waals surface area contributed by atoms with Crippen LogP contribution < -0.4 is 10.2 Å². The lowest BCUT2D eigenvalue weighted by molar-refractivity contribution is 0.241. The molecule has 1 saturated heterocycles. The van der Waals surface area contributed by atoms with E-state index in [4.69, 9.17) is 11.6 Å². The Kier molecular flexibility index (Phi) is 4.49. The molecule has 1 aromatic rings. The minimum atomic E-state index is 0.531. The summed E-state index contributed by atoms with van der Waals surface area (Å²) in [6.45, 7) is 6.46. The third-order valence-corrected chi connectivity index (χ3v) is 3.76. The average molecular weight is 268 g/mol. The first-order valence-corrected chi connectivity index (χ1v) is 6.83. The molecular weight excluding hydrogens is 246 g/mol. The normalized spacial score (nSPS) is 21.0. The van der Waals surface area contributed by atoms with E-state index in [0.717, 1.165) is 31.2 Å². The van der Waals surface area contributed by atoms with Crippen molar-refractivity contribution in [2.45, 2.75) is 13.0 Å². The molecule has 0 aromatic heterocycles. The Morgan fingerprint density at radius 3 is 2.94 bits per heavy atom. The summed E-state index contributed by atoms with van der Waals surface area (Å²) in [4.78, 5) is 4.69. The number of nitrogens with zero attached hydrogens (tertiary/aromatic N) is 2. The Labute approximate surface area is 115 Å². The first-order valence-electron chi connectivity index (χ1n) is 6.45. The third-order valence-electron chi connectivity index (χ3n) is 3.52. The fraction of sp³-hybridized carbons (Fsp3) is 0.571. The molecule has 1 aliphatic heterocycles. The summed E-state index contributed by atoms with van der Waals surface area (Å²) in [7, 11) is 4.33. The van der Waals surface area contributed by atoms with Gasteiger partial charge in [-0.3, -0.25) is 0 Å². The van der Waals surface area contributed by atoms with Crippen molar-refractivity contribution < 1.29 is 0 Å². The van der Waals surface area contributed by atoms with Gasteiger partial charge >= 0.3 is 0 Å². The quantitative estimate of drug-likeness (QED) is 0.904. The van der Waals surface area contributed by atoms with E-state index in [2.05, 4.69) is 42.2 Å². The molecule has 0 radical (unpaired) electrons. The number of anilines is 1. The Bertz CT molecular complexity index is 408. The van der Waals surface area contributed by atoms with Gasteiger partial charge < -0.3 is 15.1 Å². The van der Waals surface area contributed by atoms with E-state index in [9.17, 15) is 0 Å². The molecular formula is C14H22ClN3. The van der Waals surface area contributed by atoms with E-state index in [0.29, 0.717) is 6.04 Å². The smallest absolute Gasteiger partial charge is 0.0410 e. The zero-order valence-electron chi connectivity index (χ0n) is 11.4. The molecule has 0 saturated carbocycles. The first-order chi connectivity index (χ1) is 8.56. The van der Waals surface area contributed by atoms with Crippen molar-refractivity contribution >= 4 is 17.3 Å². The van der Waals surface area contributed by atoms with Crippen LogP contribution in [-0.4, -0.2) is 51.2 Å². The number of benzene rings is 1. The molecule has 18 heavy (non-hydrogen) atoms. The number of aryl methyl sites for hydroxylation is 1. The number of likely N-dealkylation sites (N-methyl/N-ethyl adjacent to an activating group) is 2. The van der Waals surface area contributed by atoms with Crippen molar-refractivity contribution in [2.75, 3.05) is 45.2 Å². The second-order valence-corrected chi connectivity index (χ2v) is 5.66. The van der Waals surface area contributed by atoms with Gasteiger partial charge in [0.1, 0.15) is 0 Å². The Balaban J connectivity index is 2.00. The van der Waals surface area contributed by atoms with Crippen LogP contribution in [0.5, 0.6) is 0 Å². The third kappa shape index (κ3) is 3.37. The summed E-state index contributed by atoms with van der Waals surface area (Å²) in [6, 6.07) is 6.61. The lowest BCUT2D eigenvalue weighted by Crippen LogP contribution is -2.53. The number of rotatable bonds is 3. The van der Waals surface area contributed by atoms with Crippen LogP contribution in [0.3, 0.4) is 0 Å². The van der Waals surface area contributed by atoms with Crippen molar-refractivity contribution in [2.24, 2.45) is 0 Å².